The number of anilines is 2. The molecule has 9 heteroatoms. The molecule has 0 radical (unpaired) electrons. The largest absolute Gasteiger partial charge is 0.487 e. The smallest absolute Gasteiger partial charge is 0.278 e. The van der Waals surface area contributed by atoms with Crippen LogP contribution >= 0.6 is 0 Å². The summed E-state index contributed by atoms with van der Waals surface area (Å²) in [4.78, 5) is 28.6. The first-order chi connectivity index (χ1) is 16.0. The molecule has 1 N–H and O–H groups in total. The lowest BCUT2D eigenvalue weighted by Gasteiger charge is -2.36. The lowest BCUT2D eigenvalue weighted by atomic mass is 10.1. The maximum Gasteiger partial charge on any atom is 0.278 e. The number of allylic oxidation sites excluding steroid dienone is 1. The summed E-state index contributed by atoms with van der Waals surface area (Å²) in [6.07, 6.45) is 5.13. The van der Waals surface area contributed by atoms with E-state index in [1.165, 1.54) is 0 Å². The minimum atomic E-state index is -0.193. The summed E-state index contributed by atoms with van der Waals surface area (Å²) in [5.41, 5.74) is 2.14. The molecular formula is C24H25N7O2. The van der Waals surface area contributed by atoms with E-state index in [9.17, 15) is 4.79 Å². The zero-order valence-electron chi connectivity index (χ0n) is 18.6. The highest BCUT2D eigenvalue weighted by atomic mass is 16.5. The molecule has 1 aromatic carbocycles. The third kappa shape index (κ3) is 3.98. The summed E-state index contributed by atoms with van der Waals surface area (Å²) in [7, 11) is 2.08. The molecule has 3 aromatic heterocycles. The summed E-state index contributed by atoms with van der Waals surface area (Å²) >= 11 is 0. The van der Waals surface area contributed by atoms with E-state index in [1.807, 2.05) is 43.3 Å². The highest BCUT2D eigenvalue weighted by molar-refractivity contribution is 5.77. The Kier molecular flexibility index (Phi) is 5.39. The Morgan fingerprint density at radius 1 is 1.24 bits per heavy atom. The van der Waals surface area contributed by atoms with E-state index < -0.39 is 0 Å². The zero-order valence-corrected chi connectivity index (χ0v) is 18.6. The molecule has 4 aromatic rings. The lowest BCUT2D eigenvalue weighted by molar-refractivity contribution is 0.0383. The molecule has 0 bridgehead atoms. The molecule has 0 aliphatic carbocycles. The van der Waals surface area contributed by atoms with Crippen LogP contribution in [-0.4, -0.2) is 55.5 Å². The Labute approximate surface area is 191 Å². The summed E-state index contributed by atoms with van der Waals surface area (Å²) in [6.45, 7) is 7.99. The van der Waals surface area contributed by atoms with Crippen molar-refractivity contribution >= 4 is 22.7 Å². The van der Waals surface area contributed by atoms with Crippen molar-refractivity contribution in [2.24, 2.45) is 0 Å². The second kappa shape index (κ2) is 8.51. The second-order valence-corrected chi connectivity index (χ2v) is 8.17. The van der Waals surface area contributed by atoms with Crippen molar-refractivity contribution in [1.29, 1.82) is 0 Å². The summed E-state index contributed by atoms with van der Waals surface area (Å²) in [5, 5.41) is 3.66. The third-order valence-corrected chi connectivity index (χ3v) is 5.60. The van der Waals surface area contributed by atoms with Gasteiger partial charge < -0.3 is 10.1 Å². The number of likely N-dealkylation sites (tertiary alicyclic amines) is 1. The van der Waals surface area contributed by atoms with E-state index in [0.29, 0.717) is 29.3 Å². The van der Waals surface area contributed by atoms with Crippen molar-refractivity contribution in [3.05, 3.63) is 77.4 Å². The number of nitrogens with zero attached hydrogens (tertiary/aromatic N) is 6. The van der Waals surface area contributed by atoms with Crippen LogP contribution in [0.4, 0.5) is 11.6 Å². The summed E-state index contributed by atoms with van der Waals surface area (Å²) in [5.74, 6) is 1.85. The number of rotatable bonds is 7. The van der Waals surface area contributed by atoms with Gasteiger partial charge in [0, 0.05) is 31.2 Å². The molecule has 9 nitrogen and oxygen atoms in total. The van der Waals surface area contributed by atoms with Gasteiger partial charge in [0.2, 0.25) is 5.95 Å². The zero-order chi connectivity index (χ0) is 22.9. The van der Waals surface area contributed by atoms with E-state index in [2.05, 4.69) is 38.8 Å². The van der Waals surface area contributed by atoms with Crippen molar-refractivity contribution in [3.63, 3.8) is 0 Å². The van der Waals surface area contributed by atoms with E-state index >= 15 is 0 Å². The van der Waals surface area contributed by atoms with Gasteiger partial charge in [-0.25, -0.2) is 19.3 Å². The van der Waals surface area contributed by atoms with Gasteiger partial charge in [-0.3, -0.25) is 9.69 Å². The number of ether oxygens (including phenoxy) is 1. The molecule has 1 aliphatic rings. The number of aromatic nitrogens is 5. The molecule has 0 saturated carbocycles. The van der Waals surface area contributed by atoms with Gasteiger partial charge in [0.05, 0.1) is 6.54 Å². The molecule has 0 amide bonds. The number of hydrogen-bond donors (Lipinski definition) is 1. The molecular weight excluding hydrogens is 418 g/mol. The predicted molar refractivity (Wildman–Crippen MR) is 127 cm³/mol. The van der Waals surface area contributed by atoms with E-state index in [-0.39, 0.29) is 11.7 Å². The number of pyridine rings is 1. The van der Waals surface area contributed by atoms with Crippen molar-refractivity contribution in [1.82, 2.24) is 29.2 Å². The molecule has 1 aliphatic heterocycles. The first kappa shape index (κ1) is 20.9. The topological polar surface area (TPSA) is 90.1 Å². The maximum absolute atomic E-state index is 13.0. The normalized spacial score (nSPS) is 14.2. The highest BCUT2D eigenvalue weighted by Gasteiger charge is 2.25. The number of aryl methyl sites for hydroxylation is 1. The van der Waals surface area contributed by atoms with Gasteiger partial charge in [-0.1, -0.05) is 12.1 Å². The molecule has 168 valence electrons. The molecule has 4 heterocycles. The minimum absolute atomic E-state index is 0.193. The van der Waals surface area contributed by atoms with Gasteiger partial charge in [0.25, 0.3) is 5.56 Å². The molecule has 1 fully saturated rings. The van der Waals surface area contributed by atoms with E-state index in [4.69, 9.17) is 4.74 Å². The first-order valence-electron chi connectivity index (χ1n) is 10.8. The summed E-state index contributed by atoms with van der Waals surface area (Å²) in [6, 6.07) is 11.4. The van der Waals surface area contributed by atoms with E-state index in [0.717, 1.165) is 30.1 Å². The molecule has 5 rings (SSSR count). The summed E-state index contributed by atoms with van der Waals surface area (Å²) < 4.78 is 9.31. The average Bonchev–Trinajstić information content (AvgIpc) is 3.06. The maximum atomic E-state index is 13.0. The van der Waals surface area contributed by atoms with Crippen LogP contribution in [0.2, 0.25) is 0 Å². The first-order valence-corrected chi connectivity index (χ1v) is 10.8. The number of nitrogens with one attached hydrogen (secondary N) is 1. The number of likely N-dealkylation sites (N-methyl/N-ethyl adjacent to an activating group) is 1. The van der Waals surface area contributed by atoms with Gasteiger partial charge in [-0.15, -0.1) is 6.58 Å². The molecule has 33 heavy (non-hydrogen) atoms. The van der Waals surface area contributed by atoms with Crippen LogP contribution < -0.4 is 15.6 Å². The Balaban J connectivity index is 1.48. The van der Waals surface area contributed by atoms with Crippen LogP contribution in [-0.2, 0) is 6.54 Å². The van der Waals surface area contributed by atoms with Crippen molar-refractivity contribution in [2.75, 3.05) is 25.5 Å². The molecule has 1 saturated heterocycles. The Bertz CT molecular complexity index is 1370. The average molecular weight is 444 g/mol. The number of hydrogen-bond acceptors (Lipinski definition) is 7. The molecule has 0 atom stereocenters. The third-order valence-electron chi connectivity index (χ3n) is 5.60. The van der Waals surface area contributed by atoms with Gasteiger partial charge in [-0.2, -0.15) is 4.98 Å². The highest BCUT2D eigenvalue weighted by Crippen LogP contribution is 2.26. The predicted octanol–water partition coefficient (Wildman–Crippen LogP) is 2.91. The Hall–Kier alpha value is -3.98. The fourth-order valence-electron chi connectivity index (χ4n) is 3.97. The van der Waals surface area contributed by atoms with Gasteiger partial charge in [0.1, 0.15) is 17.2 Å². The minimum Gasteiger partial charge on any atom is -0.487 e. The Morgan fingerprint density at radius 3 is 2.79 bits per heavy atom. The van der Waals surface area contributed by atoms with Crippen molar-refractivity contribution in [3.8, 4) is 11.6 Å². The van der Waals surface area contributed by atoms with E-state index in [1.54, 1.807) is 27.8 Å². The monoisotopic (exact) mass is 443 g/mol. The lowest BCUT2D eigenvalue weighted by Crippen LogP contribution is -2.51. The van der Waals surface area contributed by atoms with Crippen molar-refractivity contribution in [2.45, 2.75) is 19.6 Å². The number of benzene rings is 1. The second-order valence-electron chi connectivity index (χ2n) is 8.17. The van der Waals surface area contributed by atoms with Gasteiger partial charge in [0.15, 0.2) is 11.5 Å². The fourth-order valence-corrected chi connectivity index (χ4v) is 3.97. The SMILES string of the molecule is C=CCn1c(=O)c2cnc(Nc3ccc(OC4CN(C)C4)c(C)c3)nc2n1-c1ccccn1. The Morgan fingerprint density at radius 2 is 2.09 bits per heavy atom. The quantitative estimate of drug-likeness (QED) is 0.439. The molecule has 0 unspecified atom stereocenters. The van der Waals surface area contributed by atoms with Crippen LogP contribution in [0.5, 0.6) is 5.75 Å². The molecule has 0 spiro atoms. The van der Waals surface area contributed by atoms with Crippen molar-refractivity contribution < 1.29 is 4.74 Å². The van der Waals surface area contributed by atoms with Crippen LogP contribution in [0, 0.1) is 6.92 Å². The van der Waals surface area contributed by atoms with Crippen LogP contribution in [0.25, 0.3) is 16.9 Å². The standard InChI is InChI=1S/C24H25N7O2/c1-4-11-30-23(32)19-13-26-24(28-22(19)31(30)21-7-5-6-10-25-21)27-17-8-9-20(16(2)12-17)33-18-14-29(3)15-18/h4-10,12-13,18H,1,11,14-15H2,2-3H3,(H,26,27,28). The van der Waals surface area contributed by atoms with Gasteiger partial charge in [-0.05, 0) is 49.9 Å². The fraction of sp³-hybridized carbons (Fsp3) is 0.250. The number of fused-ring (bicyclic) bond motifs is 1. The van der Waals surface area contributed by atoms with Crippen LogP contribution in [0.1, 0.15) is 5.56 Å². The van der Waals surface area contributed by atoms with Crippen LogP contribution in [0.3, 0.4) is 0 Å². The van der Waals surface area contributed by atoms with Gasteiger partial charge >= 0.3 is 0 Å². The van der Waals surface area contributed by atoms with Crippen LogP contribution in [0.15, 0.2) is 66.2 Å².